The van der Waals surface area contributed by atoms with E-state index >= 15 is 0 Å². The Kier molecular flexibility index (Phi) is 2.44. The minimum absolute atomic E-state index is 0.399. The van der Waals surface area contributed by atoms with Crippen molar-refractivity contribution in [1.82, 2.24) is 4.98 Å². The molecule has 0 bridgehead atoms. The van der Waals surface area contributed by atoms with Gasteiger partial charge in [-0.15, -0.1) is 0 Å². The van der Waals surface area contributed by atoms with Crippen LogP contribution in [-0.2, 0) is 4.74 Å². The van der Waals surface area contributed by atoms with Crippen LogP contribution in [-0.4, -0.2) is 11.0 Å². The van der Waals surface area contributed by atoms with Crippen LogP contribution in [0, 0.1) is 19.5 Å². The number of pyridine rings is 1. The molecular weight excluding hydrogens is 154 g/mol. The second-order valence-corrected chi connectivity index (χ2v) is 2.14. The van der Waals surface area contributed by atoms with Gasteiger partial charge < -0.3 is 4.74 Å². The summed E-state index contributed by atoms with van der Waals surface area (Å²) in [5, 5.41) is 0. The second-order valence-electron chi connectivity index (χ2n) is 2.14. The van der Waals surface area contributed by atoms with E-state index < -0.39 is 5.97 Å². The van der Waals surface area contributed by atoms with Gasteiger partial charge in [0.05, 0.1) is 11.3 Å². The quantitative estimate of drug-likeness (QED) is 0.458. The van der Waals surface area contributed by atoms with Crippen molar-refractivity contribution in [3.8, 4) is 12.5 Å². The maximum absolute atomic E-state index is 11.1. The smallest absolute Gasteiger partial charge is 0.353 e. The van der Waals surface area contributed by atoms with Crippen molar-refractivity contribution in [1.29, 1.82) is 0 Å². The van der Waals surface area contributed by atoms with Gasteiger partial charge in [0.25, 0.3) is 0 Å². The van der Waals surface area contributed by atoms with Crippen molar-refractivity contribution in [3.63, 3.8) is 0 Å². The van der Waals surface area contributed by atoms with Crippen molar-refractivity contribution in [3.05, 3.63) is 29.6 Å². The van der Waals surface area contributed by atoms with Crippen LogP contribution in [0.4, 0.5) is 0 Å². The molecule has 1 rings (SSSR count). The number of rotatable bonds is 1. The fourth-order valence-electron chi connectivity index (χ4n) is 0.808. The molecule has 0 atom stereocenters. The van der Waals surface area contributed by atoms with Crippen LogP contribution in [0.3, 0.4) is 0 Å². The lowest BCUT2D eigenvalue weighted by molar-refractivity contribution is 0.0690. The maximum Gasteiger partial charge on any atom is 0.353 e. The number of carbonyl (C=O) groups is 1. The number of nitrogens with zero attached hydrogens (tertiary/aromatic N) is 1. The highest BCUT2D eigenvalue weighted by Crippen LogP contribution is 2.04. The standard InChI is InChI=1S/C9H7NO2/c1-3-12-9(11)8-5-4-6-10-7(8)2/h1,4-6H,2H3. The van der Waals surface area contributed by atoms with E-state index in [1.165, 1.54) is 0 Å². The molecule has 0 aliphatic rings. The lowest BCUT2D eigenvalue weighted by Crippen LogP contribution is -2.04. The minimum Gasteiger partial charge on any atom is -0.369 e. The minimum atomic E-state index is -0.539. The van der Waals surface area contributed by atoms with Crippen LogP contribution in [0.2, 0.25) is 0 Å². The Hall–Kier alpha value is -1.82. The molecule has 3 nitrogen and oxygen atoms in total. The summed E-state index contributed by atoms with van der Waals surface area (Å²) in [7, 11) is 0. The zero-order valence-corrected chi connectivity index (χ0v) is 6.57. The number of terminal acetylenes is 1. The SMILES string of the molecule is C#COC(=O)c1cccnc1C. The molecule has 0 aliphatic heterocycles. The first kappa shape index (κ1) is 8.28. The summed E-state index contributed by atoms with van der Waals surface area (Å²) < 4.78 is 4.36. The van der Waals surface area contributed by atoms with Gasteiger partial charge in [0.1, 0.15) is 6.11 Å². The zero-order valence-electron chi connectivity index (χ0n) is 6.57. The normalized spacial score (nSPS) is 8.67. The summed E-state index contributed by atoms with van der Waals surface area (Å²) in [4.78, 5) is 15.0. The van der Waals surface area contributed by atoms with Gasteiger partial charge >= 0.3 is 5.97 Å². The third-order valence-corrected chi connectivity index (χ3v) is 1.38. The molecule has 12 heavy (non-hydrogen) atoms. The maximum atomic E-state index is 11.1. The molecule has 0 fully saturated rings. The Labute approximate surface area is 70.4 Å². The van der Waals surface area contributed by atoms with E-state index in [-0.39, 0.29) is 0 Å². The van der Waals surface area contributed by atoms with Gasteiger partial charge in [-0.25, -0.2) is 4.79 Å². The van der Waals surface area contributed by atoms with E-state index in [0.29, 0.717) is 11.3 Å². The van der Waals surface area contributed by atoms with Crippen LogP contribution in [0.1, 0.15) is 16.1 Å². The molecule has 0 saturated carbocycles. The number of esters is 1. The summed E-state index contributed by atoms with van der Waals surface area (Å²) in [6.07, 6.45) is 8.22. The Morgan fingerprint density at radius 3 is 3.08 bits per heavy atom. The number of carbonyl (C=O) groups excluding carboxylic acids is 1. The summed E-state index contributed by atoms with van der Waals surface area (Å²) in [5.74, 6) is -0.539. The van der Waals surface area contributed by atoms with E-state index in [4.69, 9.17) is 6.42 Å². The molecular formula is C9H7NO2. The number of hydrogen-bond donors (Lipinski definition) is 0. The molecule has 0 unspecified atom stereocenters. The number of hydrogen-bond acceptors (Lipinski definition) is 3. The second kappa shape index (κ2) is 3.54. The highest BCUT2D eigenvalue weighted by molar-refractivity contribution is 5.91. The van der Waals surface area contributed by atoms with Gasteiger partial charge in [-0.3, -0.25) is 4.98 Å². The summed E-state index contributed by atoms with van der Waals surface area (Å²) in [6.45, 7) is 1.72. The average molecular weight is 161 g/mol. The zero-order chi connectivity index (χ0) is 8.97. The van der Waals surface area contributed by atoms with Gasteiger partial charge in [0, 0.05) is 6.20 Å². The number of ether oxygens (including phenoxy) is 1. The molecule has 0 spiro atoms. The van der Waals surface area contributed by atoms with Crippen LogP contribution in [0.15, 0.2) is 18.3 Å². The van der Waals surface area contributed by atoms with Gasteiger partial charge in [-0.2, -0.15) is 0 Å². The number of aromatic nitrogens is 1. The van der Waals surface area contributed by atoms with Crippen LogP contribution >= 0.6 is 0 Å². The molecule has 1 aromatic heterocycles. The average Bonchev–Trinajstić information content (AvgIpc) is 2.05. The van der Waals surface area contributed by atoms with E-state index in [2.05, 4.69) is 9.72 Å². The Balaban J connectivity index is 2.97. The molecule has 0 radical (unpaired) electrons. The summed E-state index contributed by atoms with van der Waals surface area (Å²) in [6, 6.07) is 3.27. The topological polar surface area (TPSA) is 39.2 Å². The van der Waals surface area contributed by atoms with Crippen molar-refractivity contribution in [2.24, 2.45) is 0 Å². The van der Waals surface area contributed by atoms with E-state index in [9.17, 15) is 4.79 Å². The van der Waals surface area contributed by atoms with Gasteiger partial charge in [0.2, 0.25) is 0 Å². The molecule has 1 aromatic rings. The first-order chi connectivity index (χ1) is 5.75. The molecule has 0 amide bonds. The third kappa shape index (κ3) is 1.61. The van der Waals surface area contributed by atoms with E-state index in [1.807, 2.05) is 6.11 Å². The Bertz CT molecular complexity index is 339. The first-order valence-electron chi connectivity index (χ1n) is 3.34. The number of aryl methyl sites for hydroxylation is 1. The highest BCUT2D eigenvalue weighted by Gasteiger charge is 2.08. The summed E-state index contributed by atoms with van der Waals surface area (Å²) in [5.41, 5.74) is 1.01. The van der Waals surface area contributed by atoms with E-state index in [1.54, 1.807) is 25.3 Å². The predicted molar refractivity (Wildman–Crippen MR) is 43.2 cm³/mol. The van der Waals surface area contributed by atoms with E-state index in [0.717, 1.165) is 0 Å². The van der Waals surface area contributed by atoms with Crippen LogP contribution in [0.5, 0.6) is 0 Å². The fourth-order valence-corrected chi connectivity index (χ4v) is 0.808. The lowest BCUT2D eigenvalue weighted by atomic mass is 10.2. The Morgan fingerprint density at radius 1 is 1.75 bits per heavy atom. The predicted octanol–water partition coefficient (Wildman–Crippen LogP) is 1.14. The molecule has 1 heterocycles. The fraction of sp³-hybridized carbons (Fsp3) is 0.111. The molecule has 3 heteroatoms. The lowest BCUT2D eigenvalue weighted by Gasteiger charge is -1.98. The van der Waals surface area contributed by atoms with Crippen molar-refractivity contribution >= 4 is 5.97 Å². The van der Waals surface area contributed by atoms with Crippen molar-refractivity contribution in [2.75, 3.05) is 0 Å². The largest absolute Gasteiger partial charge is 0.369 e. The van der Waals surface area contributed by atoms with Gasteiger partial charge in [0.15, 0.2) is 0 Å². The molecule has 0 saturated heterocycles. The molecule has 0 aliphatic carbocycles. The molecule has 0 N–H and O–H groups in total. The highest BCUT2D eigenvalue weighted by atomic mass is 16.5. The third-order valence-electron chi connectivity index (χ3n) is 1.38. The van der Waals surface area contributed by atoms with Crippen molar-refractivity contribution < 1.29 is 9.53 Å². The molecule has 0 aromatic carbocycles. The van der Waals surface area contributed by atoms with Gasteiger partial charge in [-0.1, -0.05) is 6.42 Å². The Morgan fingerprint density at radius 2 is 2.50 bits per heavy atom. The summed E-state index contributed by atoms with van der Waals surface area (Å²) >= 11 is 0. The van der Waals surface area contributed by atoms with Crippen LogP contribution in [0.25, 0.3) is 0 Å². The first-order valence-corrected chi connectivity index (χ1v) is 3.34. The van der Waals surface area contributed by atoms with Crippen LogP contribution < -0.4 is 0 Å². The van der Waals surface area contributed by atoms with Crippen molar-refractivity contribution in [2.45, 2.75) is 6.92 Å². The van der Waals surface area contributed by atoms with Gasteiger partial charge in [-0.05, 0) is 19.1 Å². The monoisotopic (exact) mass is 161 g/mol. The molecule has 60 valence electrons.